The summed E-state index contributed by atoms with van der Waals surface area (Å²) in [4.78, 5) is 12.7. The Kier molecular flexibility index (Phi) is 4.94. The highest BCUT2D eigenvalue weighted by Gasteiger charge is 2.03. The Morgan fingerprint density at radius 3 is 2.91 bits per heavy atom. The molecule has 0 aliphatic heterocycles. The summed E-state index contributed by atoms with van der Waals surface area (Å²) in [6, 6.07) is 0. The van der Waals surface area contributed by atoms with Crippen LogP contribution in [0.1, 0.15) is 19.8 Å². The molecule has 5 nitrogen and oxygen atoms in total. The molecule has 0 amide bonds. The molecule has 5 heteroatoms. The van der Waals surface area contributed by atoms with Gasteiger partial charge in [-0.3, -0.25) is 4.79 Å². The Labute approximate surface area is 64.7 Å². The second-order valence-corrected chi connectivity index (χ2v) is 2.45. The smallest absolute Gasteiger partial charge is 0.303 e. The molecule has 0 heterocycles. The molecule has 0 saturated carbocycles. The van der Waals surface area contributed by atoms with Crippen LogP contribution in [0.3, 0.4) is 0 Å². The van der Waals surface area contributed by atoms with E-state index >= 15 is 0 Å². The molecule has 0 radical (unpaired) electrons. The van der Waals surface area contributed by atoms with E-state index in [1.165, 1.54) is 0 Å². The summed E-state index contributed by atoms with van der Waals surface area (Å²) in [5, 5.41) is 11.6. The van der Waals surface area contributed by atoms with Gasteiger partial charge < -0.3 is 5.11 Å². The lowest BCUT2D eigenvalue weighted by Crippen LogP contribution is -2.03. The van der Waals surface area contributed by atoms with E-state index in [4.69, 9.17) is 10.6 Å². The first-order valence-corrected chi connectivity index (χ1v) is 3.39. The molecule has 1 unspecified atom stereocenters. The SMILES string of the molecule is CC(CCC(=O)O)CN=[N+]=[N-]. The first-order valence-electron chi connectivity index (χ1n) is 3.39. The molecule has 0 bridgehead atoms. The maximum atomic E-state index is 10.1. The monoisotopic (exact) mass is 157 g/mol. The minimum atomic E-state index is -0.808. The number of carboxylic acid groups (broad SMARTS) is 1. The van der Waals surface area contributed by atoms with Gasteiger partial charge >= 0.3 is 5.97 Å². The van der Waals surface area contributed by atoms with Crippen molar-refractivity contribution >= 4 is 5.97 Å². The van der Waals surface area contributed by atoms with Gasteiger partial charge in [-0.1, -0.05) is 12.0 Å². The maximum Gasteiger partial charge on any atom is 0.303 e. The van der Waals surface area contributed by atoms with Crippen LogP contribution in [-0.4, -0.2) is 17.6 Å². The van der Waals surface area contributed by atoms with Crippen molar-refractivity contribution in [1.29, 1.82) is 0 Å². The Bertz CT molecular complexity index is 175. The van der Waals surface area contributed by atoms with Crippen molar-refractivity contribution in [2.45, 2.75) is 19.8 Å². The quantitative estimate of drug-likeness (QED) is 0.374. The van der Waals surface area contributed by atoms with E-state index in [0.717, 1.165) is 0 Å². The van der Waals surface area contributed by atoms with Gasteiger partial charge in [-0.25, -0.2) is 0 Å². The van der Waals surface area contributed by atoms with Gasteiger partial charge in [0, 0.05) is 17.9 Å². The van der Waals surface area contributed by atoms with Gasteiger partial charge in [0.05, 0.1) is 0 Å². The van der Waals surface area contributed by atoms with E-state index in [9.17, 15) is 4.79 Å². The average Bonchev–Trinajstić information content (AvgIpc) is 1.97. The number of azide groups is 1. The van der Waals surface area contributed by atoms with E-state index in [1.807, 2.05) is 6.92 Å². The van der Waals surface area contributed by atoms with Gasteiger partial charge in [-0.2, -0.15) is 0 Å². The lowest BCUT2D eigenvalue weighted by atomic mass is 10.1. The highest BCUT2D eigenvalue weighted by atomic mass is 16.4. The van der Waals surface area contributed by atoms with Gasteiger partial charge in [0.1, 0.15) is 0 Å². The van der Waals surface area contributed by atoms with Gasteiger partial charge in [0.15, 0.2) is 0 Å². The lowest BCUT2D eigenvalue weighted by Gasteiger charge is -2.03. The Morgan fingerprint density at radius 1 is 1.82 bits per heavy atom. The molecular weight excluding hydrogens is 146 g/mol. The first kappa shape index (κ1) is 9.78. The number of hydrogen-bond acceptors (Lipinski definition) is 2. The number of hydrogen-bond donors (Lipinski definition) is 1. The van der Waals surface area contributed by atoms with Crippen molar-refractivity contribution in [2.24, 2.45) is 11.0 Å². The van der Waals surface area contributed by atoms with E-state index < -0.39 is 5.97 Å². The standard InChI is InChI=1S/C6H11N3O2/c1-5(4-8-9-7)2-3-6(10)11/h5H,2-4H2,1H3,(H,10,11). The third-order valence-electron chi connectivity index (χ3n) is 1.31. The van der Waals surface area contributed by atoms with E-state index in [-0.39, 0.29) is 12.3 Å². The van der Waals surface area contributed by atoms with Gasteiger partial charge in [-0.15, -0.1) is 0 Å². The number of nitrogens with zero attached hydrogens (tertiary/aromatic N) is 3. The third kappa shape index (κ3) is 6.67. The normalized spacial score (nSPS) is 11.7. The van der Waals surface area contributed by atoms with E-state index in [1.54, 1.807) is 0 Å². The largest absolute Gasteiger partial charge is 0.481 e. The van der Waals surface area contributed by atoms with Crippen molar-refractivity contribution in [3.05, 3.63) is 10.4 Å². The molecule has 0 saturated heterocycles. The number of carboxylic acids is 1. The van der Waals surface area contributed by atoms with Gasteiger partial charge in [-0.05, 0) is 17.9 Å². The summed E-state index contributed by atoms with van der Waals surface area (Å²) in [5.41, 5.74) is 7.93. The van der Waals surface area contributed by atoms with Crippen LogP contribution in [0.2, 0.25) is 0 Å². The van der Waals surface area contributed by atoms with E-state index in [2.05, 4.69) is 10.0 Å². The zero-order valence-electron chi connectivity index (χ0n) is 6.40. The molecule has 0 fully saturated rings. The van der Waals surface area contributed by atoms with Crippen LogP contribution in [0.15, 0.2) is 5.11 Å². The number of carbonyl (C=O) groups is 1. The zero-order chi connectivity index (χ0) is 8.69. The highest BCUT2D eigenvalue weighted by molar-refractivity contribution is 5.66. The van der Waals surface area contributed by atoms with Crippen molar-refractivity contribution < 1.29 is 9.90 Å². The summed E-state index contributed by atoms with van der Waals surface area (Å²) < 4.78 is 0. The van der Waals surface area contributed by atoms with Gasteiger partial charge in [0.25, 0.3) is 0 Å². The van der Waals surface area contributed by atoms with Crippen LogP contribution in [0, 0.1) is 5.92 Å². The highest BCUT2D eigenvalue weighted by Crippen LogP contribution is 2.05. The summed E-state index contributed by atoms with van der Waals surface area (Å²) in [6.07, 6.45) is 0.705. The zero-order valence-corrected chi connectivity index (χ0v) is 6.40. The van der Waals surface area contributed by atoms with Crippen LogP contribution >= 0.6 is 0 Å². The molecule has 0 aromatic heterocycles. The van der Waals surface area contributed by atoms with Crippen LogP contribution in [0.25, 0.3) is 10.4 Å². The first-order chi connectivity index (χ1) is 5.16. The Morgan fingerprint density at radius 2 is 2.45 bits per heavy atom. The molecule has 1 atom stereocenters. The molecule has 1 N–H and O–H groups in total. The van der Waals surface area contributed by atoms with Crippen LogP contribution in [0.5, 0.6) is 0 Å². The molecule has 0 rings (SSSR count). The summed E-state index contributed by atoms with van der Waals surface area (Å²) >= 11 is 0. The van der Waals surface area contributed by atoms with Crippen molar-refractivity contribution in [3.63, 3.8) is 0 Å². The molecule has 0 aromatic rings. The third-order valence-corrected chi connectivity index (χ3v) is 1.31. The fourth-order valence-corrected chi connectivity index (χ4v) is 0.637. The lowest BCUT2D eigenvalue weighted by molar-refractivity contribution is -0.137. The predicted octanol–water partition coefficient (Wildman–Crippen LogP) is 1.80. The van der Waals surface area contributed by atoms with Crippen LogP contribution in [-0.2, 0) is 4.79 Å². The average molecular weight is 157 g/mol. The minimum absolute atomic E-state index is 0.141. The fourth-order valence-electron chi connectivity index (χ4n) is 0.637. The predicted molar refractivity (Wildman–Crippen MR) is 40.0 cm³/mol. The van der Waals surface area contributed by atoms with Gasteiger partial charge in [0.2, 0.25) is 0 Å². The second kappa shape index (κ2) is 5.56. The fraction of sp³-hybridized carbons (Fsp3) is 0.833. The van der Waals surface area contributed by atoms with Crippen LogP contribution < -0.4 is 0 Å². The molecule has 62 valence electrons. The molecule has 0 aliphatic rings. The number of aliphatic carboxylic acids is 1. The summed E-state index contributed by atoms with van der Waals surface area (Å²) in [5.74, 6) is -0.653. The second-order valence-electron chi connectivity index (χ2n) is 2.45. The molecular formula is C6H11N3O2. The van der Waals surface area contributed by atoms with Crippen molar-refractivity contribution in [1.82, 2.24) is 0 Å². The molecule has 0 aromatic carbocycles. The van der Waals surface area contributed by atoms with Crippen molar-refractivity contribution in [3.8, 4) is 0 Å². The summed E-state index contributed by atoms with van der Waals surface area (Å²) in [6.45, 7) is 2.24. The molecule has 0 aliphatic carbocycles. The number of rotatable bonds is 5. The van der Waals surface area contributed by atoms with Crippen molar-refractivity contribution in [2.75, 3.05) is 6.54 Å². The topological polar surface area (TPSA) is 86.1 Å². The summed E-state index contributed by atoms with van der Waals surface area (Å²) in [7, 11) is 0. The Hall–Kier alpha value is -1.22. The minimum Gasteiger partial charge on any atom is -0.481 e. The molecule has 11 heavy (non-hydrogen) atoms. The van der Waals surface area contributed by atoms with E-state index in [0.29, 0.717) is 13.0 Å². The molecule has 0 spiro atoms. The Balaban J connectivity index is 3.44. The van der Waals surface area contributed by atoms with Crippen LogP contribution in [0.4, 0.5) is 0 Å². The maximum absolute atomic E-state index is 10.1.